The van der Waals surface area contributed by atoms with Crippen molar-refractivity contribution < 1.29 is 9.53 Å². The number of morpholine rings is 1. The van der Waals surface area contributed by atoms with Gasteiger partial charge in [-0.1, -0.05) is 12.1 Å². The highest BCUT2D eigenvalue weighted by atomic mass is 16.5. The lowest BCUT2D eigenvalue weighted by Gasteiger charge is -2.37. The molecule has 2 bridgehead atoms. The molecule has 2 atom stereocenters. The lowest BCUT2D eigenvalue weighted by atomic mass is 10.1. The van der Waals surface area contributed by atoms with Crippen LogP contribution in [0.5, 0.6) is 0 Å². The van der Waals surface area contributed by atoms with Gasteiger partial charge in [-0.3, -0.25) is 4.79 Å². The first-order chi connectivity index (χ1) is 7.90. The molecule has 2 unspecified atom stereocenters. The second-order valence-electron chi connectivity index (χ2n) is 4.51. The molecule has 0 N–H and O–H groups in total. The Hall–Kier alpha value is -1.35. The molecule has 2 heterocycles. The number of fused-ring (bicyclic) bond motifs is 2. The van der Waals surface area contributed by atoms with Gasteiger partial charge in [0, 0.05) is 11.3 Å². The van der Waals surface area contributed by atoms with Crippen LogP contribution in [0, 0.1) is 0 Å². The first-order valence-corrected chi connectivity index (χ1v) is 5.80. The van der Waals surface area contributed by atoms with Gasteiger partial charge in [-0.2, -0.15) is 0 Å². The fourth-order valence-electron chi connectivity index (χ4n) is 2.84. The minimum absolute atomic E-state index is 0.458. The zero-order chi connectivity index (χ0) is 11.0. The van der Waals surface area contributed by atoms with E-state index in [1.807, 2.05) is 24.3 Å². The summed E-state index contributed by atoms with van der Waals surface area (Å²) in [6.45, 7) is 1.59. The monoisotopic (exact) mass is 217 g/mol. The molecule has 0 radical (unpaired) electrons. The molecule has 0 aromatic heterocycles. The van der Waals surface area contributed by atoms with Gasteiger partial charge in [0.1, 0.15) is 0 Å². The number of para-hydroxylation sites is 1. The maximum Gasteiger partial charge on any atom is 0.152 e. The van der Waals surface area contributed by atoms with Crippen LogP contribution < -0.4 is 4.90 Å². The number of hydrogen-bond donors (Lipinski definition) is 0. The Bertz CT molecular complexity index is 389. The number of anilines is 1. The molecule has 0 aliphatic carbocycles. The molecule has 84 valence electrons. The van der Waals surface area contributed by atoms with Crippen LogP contribution in [0.4, 0.5) is 5.69 Å². The summed E-state index contributed by atoms with van der Waals surface area (Å²) < 4.78 is 5.55. The molecule has 1 aromatic carbocycles. The quantitative estimate of drug-likeness (QED) is 0.708. The first kappa shape index (κ1) is 9.85. The highest BCUT2D eigenvalue weighted by molar-refractivity contribution is 5.85. The highest BCUT2D eigenvalue weighted by Crippen LogP contribution is 2.35. The van der Waals surface area contributed by atoms with E-state index in [0.717, 1.165) is 30.8 Å². The molecule has 2 fully saturated rings. The maximum atomic E-state index is 11.0. The van der Waals surface area contributed by atoms with Gasteiger partial charge in [0.15, 0.2) is 6.29 Å². The van der Waals surface area contributed by atoms with E-state index in [1.165, 1.54) is 12.8 Å². The summed E-state index contributed by atoms with van der Waals surface area (Å²) in [6.07, 6.45) is 3.31. The summed E-state index contributed by atoms with van der Waals surface area (Å²) >= 11 is 0. The zero-order valence-corrected chi connectivity index (χ0v) is 9.13. The van der Waals surface area contributed by atoms with Crippen molar-refractivity contribution in [1.29, 1.82) is 0 Å². The summed E-state index contributed by atoms with van der Waals surface area (Å²) in [5.74, 6) is 0. The van der Waals surface area contributed by atoms with Crippen molar-refractivity contribution in [1.82, 2.24) is 0 Å². The molecular formula is C13H15NO2. The molecular weight excluding hydrogens is 202 g/mol. The Morgan fingerprint density at radius 1 is 1.19 bits per heavy atom. The first-order valence-electron chi connectivity index (χ1n) is 5.80. The Labute approximate surface area is 95.0 Å². The lowest BCUT2D eigenvalue weighted by molar-refractivity contribution is 0.0904. The molecule has 1 aromatic rings. The van der Waals surface area contributed by atoms with Gasteiger partial charge in [-0.05, 0) is 25.0 Å². The second kappa shape index (κ2) is 3.91. The number of aldehydes is 1. The predicted molar refractivity (Wildman–Crippen MR) is 61.9 cm³/mol. The number of hydrogen-bond acceptors (Lipinski definition) is 3. The number of ether oxygens (including phenoxy) is 1. The average molecular weight is 217 g/mol. The van der Waals surface area contributed by atoms with Gasteiger partial charge in [-0.15, -0.1) is 0 Å². The molecule has 2 saturated heterocycles. The normalized spacial score (nSPS) is 28.1. The third kappa shape index (κ3) is 1.43. The minimum Gasteiger partial charge on any atom is -0.377 e. The van der Waals surface area contributed by atoms with Crippen LogP contribution in [-0.2, 0) is 4.74 Å². The largest absolute Gasteiger partial charge is 0.377 e. The van der Waals surface area contributed by atoms with E-state index in [-0.39, 0.29) is 0 Å². The van der Waals surface area contributed by atoms with Crippen molar-refractivity contribution in [3.8, 4) is 0 Å². The SMILES string of the molecule is O=Cc1ccccc1N1C2CCC1COC2. The van der Waals surface area contributed by atoms with E-state index in [9.17, 15) is 4.79 Å². The minimum atomic E-state index is 0.458. The molecule has 2 aliphatic heterocycles. The van der Waals surface area contributed by atoms with Crippen molar-refractivity contribution in [2.45, 2.75) is 24.9 Å². The molecule has 0 spiro atoms. The predicted octanol–water partition coefficient (Wildman–Crippen LogP) is 1.87. The molecule has 16 heavy (non-hydrogen) atoms. The van der Waals surface area contributed by atoms with Gasteiger partial charge < -0.3 is 9.64 Å². The number of rotatable bonds is 2. The fraction of sp³-hybridized carbons (Fsp3) is 0.462. The average Bonchev–Trinajstić information content (AvgIpc) is 2.58. The number of nitrogens with zero attached hydrogens (tertiary/aromatic N) is 1. The second-order valence-corrected chi connectivity index (χ2v) is 4.51. The zero-order valence-electron chi connectivity index (χ0n) is 9.13. The summed E-state index contributed by atoms with van der Waals surface area (Å²) in [6, 6.07) is 8.75. The van der Waals surface area contributed by atoms with Gasteiger partial charge in [0.25, 0.3) is 0 Å². The van der Waals surface area contributed by atoms with Gasteiger partial charge >= 0.3 is 0 Å². The van der Waals surface area contributed by atoms with Crippen molar-refractivity contribution in [2.75, 3.05) is 18.1 Å². The Morgan fingerprint density at radius 3 is 2.56 bits per heavy atom. The van der Waals surface area contributed by atoms with Crippen LogP contribution >= 0.6 is 0 Å². The molecule has 3 rings (SSSR count). The summed E-state index contributed by atoms with van der Waals surface area (Å²) in [5, 5.41) is 0. The molecule has 0 saturated carbocycles. The summed E-state index contributed by atoms with van der Waals surface area (Å²) in [5.41, 5.74) is 1.87. The Kier molecular flexibility index (Phi) is 2.40. The van der Waals surface area contributed by atoms with Crippen LogP contribution in [0.3, 0.4) is 0 Å². The van der Waals surface area contributed by atoms with Gasteiger partial charge in [0.05, 0.1) is 25.3 Å². The van der Waals surface area contributed by atoms with Crippen LogP contribution in [0.15, 0.2) is 24.3 Å². The lowest BCUT2D eigenvalue weighted by Crippen LogP contribution is -2.46. The van der Waals surface area contributed by atoms with Gasteiger partial charge in [-0.25, -0.2) is 0 Å². The third-order valence-electron chi connectivity index (χ3n) is 3.58. The van der Waals surface area contributed by atoms with Crippen molar-refractivity contribution >= 4 is 12.0 Å². The molecule has 0 amide bonds. The number of benzene rings is 1. The summed E-state index contributed by atoms with van der Waals surface area (Å²) in [4.78, 5) is 13.4. The van der Waals surface area contributed by atoms with E-state index in [4.69, 9.17) is 4.74 Å². The van der Waals surface area contributed by atoms with E-state index in [1.54, 1.807) is 0 Å². The third-order valence-corrected chi connectivity index (χ3v) is 3.58. The summed E-state index contributed by atoms with van der Waals surface area (Å²) in [7, 11) is 0. The highest BCUT2D eigenvalue weighted by Gasteiger charge is 2.37. The van der Waals surface area contributed by atoms with Crippen LogP contribution in [0.1, 0.15) is 23.2 Å². The van der Waals surface area contributed by atoms with Crippen molar-refractivity contribution in [2.24, 2.45) is 0 Å². The van der Waals surface area contributed by atoms with E-state index in [2.05, 4.69) is 4.90 Å². The topological polar surface area (TPSA) is 29.5 Å². The molecule has 3 heteroatoms. The van der Waals surface area contributed by atoms with Crippen molar-refractivity contribution in [3.05, 3.63) is 29.8 Å². The van der Waals surface area contributed by atoms with Crippen LogP contribution in [0.25, 0.3) is 0 Å². The molecule has 3 nitrogen and oxygen atoms in total. The molecule has 2 aliphatic rings. The fourth-order valence-corrected chi connectivity index (χ4v) is 2.84. The van der Waals surface area contributed by atoms with E-state index >= 15 is 0 Å². The van der Waals surface area contributed by atoms with E-state index < -0.39 is 0 Å². The maximum absolute atomic E-state index is 11.0. The van der Waals surface area contributed by atoms with Crippen LogP contribution in [0.2, 0.25) is 0 Å². The Morgan fingerprint density at radius 2 is 1.88 bits per heavy atom. The standard InChI is InChI=1S/C13H15NO2/c15-7-10-3-1-2-4-13(10)14-11-5-6-12(14)9-16-8-11/h1-4,7,11-12H,5-6,8-9H2. The van der Waals surface area contributed by atoms with Crippen LogP contribution in [-0.4, -0.2) is 31.6 Å². The smallest absolute Gasteiger partial charge is 0.152 e. The number of carbonyl (C=O) groups excluding carboxylic acids is 1. The Balaban J connectivity index is 2.00. The van der Waals surface area contributed by atoms with Crippen molar-refractivity contribution in [3.63, 3.8) is 0 Å². The number of carbonyl (C=O) groups is 1. The van der Waals surface area contributed by atoms with Gasteiger partial charge in [0.2, 0.25) is 0 Å². The van der Waals surface area contributed by atoms with E-state index in [0.29, 0.717) is 12.1 Å².